The van der Waals surface area contributed by atoms with Crippen LogP contribution < -0.4 is 0 Å². The molecular formula is C23H24N2O7S. The molecule has 9 nitrogen and oxygen atoms in total. The first kappa shape index (κ1) is 24.1. The van der Waals surface area contributed by atoms with Crippen molar-refractivity contribution in [3.8, 4) is 0 Å². The lowest BCUT2D eigenvalue weighted by Crippen LogP contribution is -2.24. The van der Waals surface area contributed by atoms with Crippen molar-refractivity contribution in [2.75, 3.05) is 34.1 Å². The van der Waals surface area contributed by atoms with Crippen LogP contribution in [0.4, 0.5) is 0 Å². The Bertz CT molecular complexity index is 1320. The van der Waals surface area contributed by atoms with Crippen LogP contribution in [-0.4, -0.2) is 70.0 Å². The standard InChI is InChI=1S/C23H24N2O7S/c1-25(2)22(27)20-19(18-16(23(28)31-3)6-5-7-17(18)24-20)21(26)15-10-8-14(9-11-15)12-13-32-33(4,29)30/h5-11,24H,12-13H2,1-4H3. The number of nitrogens with zero attached hydrogens (tertiary/aromatic N) is 1. The van der Waals surface area contributed by atoms with Gasteiger partial charge in [-0.1, -0.05) is 30.3 Å². The van der Waals surface area contributed by atoms with Crippen LogP contribution in [0.3, 0.4) is 0 Å². The first-order valence-corrected chi connectivity index (χ1v) is 11.8. The van der Waals surface area contributed by atoms with Gasteiger partial charge in [-0.25, -0.2) is 4.79 Å². The number of hydrogen-bond acceptors (Lipinski definition) is 7. The Hall–Kier alpha value is -3.50. The average Bonchev–Trinajstić information content (AvgIpc) is 3.16. The zero-order valence-corrected chi connectivity index (χ0v) is 19.5. The molecule has 1 N–H and O–H groups in total. The van der Waals surface area contributed by atoms with E-state index in [0.29, 0.717) is 22.9 Å². The maximum Gasteiger partial charge on any atom is 0.338 e. The summed E-state index contributed by atoms with van der Waals surface area (Å²) in [6.45, 7) is -0.0153. The fourth-order valence-corrected chi connectivity index (χ4v) is 3.80. The van der Waals surface area contributed by atoms with Crippen LogP contribution in [0.2, 0.25) is 0 Å². The number of aromatic amines is 1. The second-order valence-corrected chi connectivity index (χ2v) is 9.24. The molecule has 0 aliphatic heterocycles. The molecule has 0 aliphatic rings. The molecule has 1 aromatic heterocycles. The first-order valence-electron chi connectivity index (χ1n) is 9.96. The molecule has 10 heteroatoms. The molecule has 1 heterocycles. The number of methoxy groups -OCH3 is 1. The number of fused-ring (bicyclic) bond motifs is 1. The van der Waals surface area contributed by atoms with Crippen molar-refractivity contribution in [1.82, 2.24) is 9.88 Å². The molecule has 0 saturated carbocycles. The maximum absolute atomic E-state index is 13.5. The number of carbonyl (C=O) groups is 3. The summed E-state index contributed by atoms with van der Waals surface area (Å²) in [7, 11) is 0.845. The molecule has 0 atom stereocenters. The van der Waals surface area contributed by atoms with E-state index in [4.69, 9.17) is 8.92 Å². The Kier molecular flexibility index (Phi) is 6.99. The molecule has 0 spiro atoms. The van der Waals surface area contributed by atoms with Gasteiger partial charge in [-0.05, 0) is 24.1 Å². The summed E-state index contributed by atoms with van der Waals surface area (Å²) in [5, 5.41) is 0.310. The Morgan fingerprint density at radius 3 is 2.27 bits per heavy atom. The summed E-state index contributed by atoms with van der Waals surface area (Å²) >= 11 is 0. The van der Waals surface area contributed by atoms with Crippen LogP contribution in [0.25, 0.3) is 10.9 Å². The number of carbonyl (C=O) groups excluding carboxylic acids is 3. The number of ketones is 1. The minimum absolute atomic E-state index is 0.0153. The van der Waals surface area contributed by atoms with Crippen molar-refractivity contribution in [3.05, 3.63) is 70.4 Å². The van der Waals surface area contributed by atoms with Gasteiger partial charge in [-0.15, -0.1) is 0 Å². The zero-order chi connectivity index (χ0) is 24.3. The lowest BCUT2D eigenvalue weighted by atomic mass is 9.96. The summed E-state index contributed by atoms with van der Waals surface area (Å²) in [5.41, 5.74) is 1.85. The number of amides is 1. The topological polar surface area (TPSA) is 123 Å². The molecule has 1 amide bonds. The largest absolute Gasteiger partial charge is 0.465 e. The third kappa shape index (κ3) is 5.29. The van der Waals surface area contributed by atoms with Gasteiger partial charge < -0.3 is 14.6 Å². The summed E-state index contributed by atoms with van der Waals surface area (Å²) < 4.78 is 31.8. The number of H-pyrrole nitrogens is 1. The van der Waals surface area contributed by atoms with Crippen LogP contribution in [0.1, 0.15) is 42.3 Å². The van der Waals surface area contributed by atoms with E-state index in [1.807, 2.05) is 0 Å². The maximum atomic E-state index is 13.5. The molecule has 0 saturated heterocycles. The summed E-state index contributed by atoms with van der Waals surface area (Å²) in [6.07, 6.45) is 1.32. The van der Waals surface area contributed by atoms with Crippen LogP contribution in [0.5, 0.6) is 0 Å². The minimum Gasteiger partial charge on any atom is -0.465 e. The highest BCUT2D eigenvalue weighted by molar-refractivity contribution is 7.85. The van der Waals surface area contributed by atoms with E-state index < -0.39 is 27.8 Å². The molecule has 174 valence electrons. The minimum atomic E-state index is -3.53. The number of nitrogens with one attached hydrogen (secondary N) is 1. The summed E-state index contributed by atoms with van der Waals surface area (Å²) in [4.78, 5) is 43.1. The molecular weight excluding hydrogens is 448 g/mol. The van der Waals surface area contributed by atoms with E-state index in [1.165, 1.54) is 18.1 Å². The highest BCUT2D eigenvalue weighted by atomic mass is 32.2. The van der Waals surface area contributed by atoms with Crippen molar-refractivity contribution in [1.29, 1.82) is 0 Å². The first-order chi connectivity index (χ1) is 15.5. The number of ether oxygens (including phenoxy) is 1. The molecule has 2 aromatic carbocycles. The van der Waals surface area contributed by atoms with Crippen LogP contribution >= 0.6 is 0 Å². The van der Waals surface area contributed by atoms with E-state index >= 15 is 0 Å². The van der Waals surface area contributed by atoms with E-state index in [0.717, 1.165) is 11.8 Å². The fraction of sp³-hybridized carbons (Fsp3) is 0.261. The normalized spacial score (nSPS) is 11.4. The number of rotatable bonds is 8. The molecule has 0 unspecified atom stereocenters. The average molecular weight is 473 g/mol. The van der Waals surface area contributed by atoms with E-state index in [9.17, 15) is 22.8 Å². The molecule has 3 aromatic rings. The molecule has 0 fully saturated rings. The molecule has 0 radical (unpaired) electrons. The molecule has 0 bridgehead atoms. The number of aromatic nitrogens is 1. The quantitative estimate of drug-likeness (QED) is 0.303. The van der Waals surface area contributed by atoms with Crippen molar-refractivity contribution >= 4 is 38.7 Å². The Balaban J connectivity index is 2.06. The number of esters is 1. The Morgan fingerprint density at radius 1 is 1.03 bits per heavy atom. The van der Waals surface area contributed by atoms with Crippen molar-refractivity contribution < 1.29 is 31.7 Å². The second kappa shape index (κ2) is 9.55. The molecule has 33 heavy (non-hydrogen) atoms. The van der Waals surface area contributed by atoms with Gasteiger partial charge in [0.25, 0.3) is 16.0 Å². The van der Waals surface area contributed by atoms with Gasteiger partial charge >= 0.3 is 5.97 Å². The van der Waals surface area contributed by atoms with Crippen molar-refractivity contribution in [2.24, 2.45) is 0 Å². The number of hydrogen-bond donors (Lipinski definition) is 1. The van der Waals surface area contributed by atoms with Gasteiger partial charge in [-0.2, -0.15) is 8.42 Å². The predicted molar refractivity (Wildman–Crippen MR) is 122 cm³/mol. The van der Waals surface area contributed by atoms with Crippen LogP contribution in [-0.2, 0) is 25.5 Å². The highest BCUT2D eigenvalue weighted by Crippen LogP contribution is 2.30. The van der Waals surface area contributed by atoms with Crippen molar-refractivity contribution in [3.63, 3.8) is 0 Å². The smallest absolute Gasteiger partial charge is 0.338 e. The zero-order valence-electron chi connectivity index (χ0n) is 18.7. The van der Waals surface area contributed by atoms with E-state index in [1.54, 1.807) is 50.5 Å². The molecule has 3 rings (SSSR count). The van der Waals surface area contributed by atoms with Crippen molar-refractivity contribution in [2.45, 2.75) is 6.42 Å². The molecule has 0 aliphatic carbocycles. The van der Waals surface area contributed by atoms with E-state index in [2.05, 4.69) is 4.98 Å². The van der Waals surface area contributed by atoms with Gasteiger partial charge in [0, 0.05) is 30.6 Å². The fourth-order valence-electron chi connectivity index (χ4n) is 3.42. The SMILES string of the molecule is COC(=O)c1cccc2[nH]c(C(=O)N(C)C)c(C(=O)c3ccc(CCOS(C)(=O)=O)cc3)c12. The number of benzene rings is 2. The second-order valence-electron chi connectivity index (χ2n) is 7.60. The summed E-state index contributed by atoms with van der Waals surface area (Å²) in [6, 6.07) is 11.4. The monoisotopic (exact) mass is 472 g/mol. The predicted octanol–water partition coefficient (Wildman–Crippen LogP) is 2.41. The van der Waals surface area contributed by atoms with Crippen LogP contribution in [0, 0.1) is 0 Å². The van der Waals surface area contributed by atoms with Gasteiger partial charge in [0.1, 0.15) is 5.69 Å². The van der Waals surface area contributed by atoms with Gasteiger partial charge in [0.15, 0.2) is 5.78 Å². The lowest BCUT2D eigenvalue weighted by Gasteiger charge is -2.11. The van der Waals surface area contributed by atoms with Gasteiger partial charge in [-0.3, -0.25) is 13.8 Å². The van der Waals surface area contributed by atoms with Gasteiger partial charge in [0.05, 0.1) is 31.1 Å². The summed E-state index contributed by atoms with van der Waals surface area (Å²) in [5.74, 6) is -1.49. The van der Waals surface area contributed by atoms with E-state index in [-0.39, 0.29) is 23.4 Å². The van der Waals surface area contributed by atoms with Crippen LogP contribution in [0.15, 0.2) is 42.5 Å². The Morgan fingerprint density at radius 2 is 1.70 bits per heavy atom. The third-order valence-electron chi connectivity index (χ3n) is 4.98. The lowest BCUT2D eigenvalue weighted by molar-refractivity contribution is 0.0602. The Labute approximate surface area is 191 Å². The third-order valence-corrected chi connectivity index (χ3v) is 5.58. The highest BCUT2D eigenvalue weighted by Gasteiger charge is 2.28. The van der Waals surface area contributed by atoms with Gasteiger partial charge in [0.2, 0.25) is 0 Å².